The van der Waals surface area contributed by atoms with Crippen molar-refractivity contribution in [3.8, 4) is 0 Å². The van der Waals surface area contributed by atoms with Gasteiger partial charge in [0.1, 0.15) is 5.60 Å². The van der Waals surface area contributed by atoms with Gasteiger partial charge in [-0.15, -0.1) is 0 Å². The minimum Gasteiger partial charge on any atom is -0.444 e. The highest BCUT2D eigenvalue weighted by molar-refractivity contribution is 5.94. The molecule has 1 aromatic carbocycles. The summed E-state index contributed by atoms with van der Waals surface area (Å²) in [6.07, 6.45) is 0.961. The van der Waals surface area contributed by atoms with E-state index in [0.29, 0.717) is 32.5 Å². The third kappa shape index (κ3) is 5.37. The molecule has 5 nitrogen and oxygen atoms in total. The largest absolute Gasteiger partial charge is 0.444 e. The Labute approximate surface area is 157 Å². The summed E-state index contributed by atoms with van der Waals surface area (Å²) in [5.74, 6) is -5.06. The lowest BCUT2D eigenvalue weighted by Gasteiger charge is -2.34. The van der Waals surface area contributed by atoms with Crippen molar-refractivity contribution >= 4 is 12.0 Å². The molecule has 1 aliphatic rings. The van der Waals surface area contributed by atoms with Crippen molar-refractivity contribution in [2.45, 2.75) is 39.2 Å². The number of likely N-dealkylation sites (tertiary alicyclic amines) is 1. The van der Waals surface area contributed by atoms with Gasteiger partial charge in [0.05, 0.1) is 5.56 Å². The number of nitrogens with zero attached hydrogens (tertiary/aromatic N) is 2. The lowest BCUT2D eigenvalue weighted by molar-refractivity contribution is 0.0170. The van der Waals surface area contributed by atoms with Crippen molar-refractivity contribution in [2.24, 2.45) is 5.92 Å². The average Bonchev–Trinajstić information content (AvgIpc) is 2.58. The van der Waals surface area contributed by atoms with Gasteiger partial charge in [-0.1, -0.05) is 0 Å². The van der Waals surface area contributed by atoms with Gasteiger partial charge in [0, 0.05) is 26.7 Å². The van der Waals surface area contributed by atoms with Crippen LogP contribution in [0.5, 0.6) is 0 Å². The maximum atomic E-state index is 13.8. The van der Waals surface area contributed by atoms with Crippen LogP contribution < -0.4 is 0 Å². The van der Waals surface area contributed by atoms with E-state index in [2.05, 4.69) is 0 Å². The van der Waals surface area contributed by atoms with Crippen LogP contribution in [-0.4, -0.2) is 54.1 Å². The summed E-state index contributed by atoms with van der Waals surface area (Å²) in [7, 11) is 1.49. The summed E-state index contributed by atoms with van der Waals surface area (Å²) in [6, 6.07) is 1.68. The fraction of sp³-hybridized carbons (Fsp3) is 0.579. The summed E-state index contributed by atoms with van der Waals surface area (Å²) in [4.78, 5) is 27.3. The third-order valence-electron chi connectivity index (χ3n) is 4.41. The number of benzene rings is 1. The van der Waals surface area contributed by atoms with Crippen molar-refractivity contribution in [2.75, 3.05) is 26.7 Å². The van der Waals surface area contributed by atoms with E-state index in [1.807, 2.05) is 0 Å². The molecule has 0 N–H and O–H groups in total. The highest BCUT2D eigenvalue weighted by Crippen LogP contribution is 2.22. The van der Waals surface area contributed by atoms with Gasteiger partial charge in [-0.3, -0.25) is 4.79 Å². The SMILES string of the molecule is CN(CC1CCN(C(=O)OC(C)(C)C)CC1)C(=O)c1ccc(F)c(F)c1F. The number of carbonyl (C=O) groups excluding carboxylic acids is 2. The molecule has 1 saturated heterocycles. The number of piperidine rings is 1. The number of amides is 2. The van der Waals surface area contributed by atoms with Gasteiger partial charge in [0.15, 0.2) is 17.5 Å². The summed E-state index contributed by atoms with van der Waals surface area (Å²) < 4.78 is 45.5. The van der Waals surface area contributed by atoms with Gasteiger partial charge >= 0.3 is 6.09 Å². The van der Waals surface area contributed by atoms with E-state index >= 15 is 0 Å². The molecule has 1 fully saturated rings. The van der Waals surface area contributed by atoms with E-state index in [0.717, 1.165) is 12.1 Å². The molecule has 1 aliphatic heterocycles. The zero-order valence-corrected chi connectivity index (χ0v) is 16.0. The monoisotopic (exact) mass is 386 g/mol. The highest BCUT2D eigenvalue weighted by atomic mass is 19.2. The third-order valence-corrected chi connectivity index (χ3v) is 4.41. The van der Waals surface area contributed by atoms with Crippen LogP contribution in [0.3, 0.4) is 0 Å². The smallest absolute Gasteiger partial charge is 0.410 e. The van der Waals surface area contributed by atoms with E-state index < -0.39 is 34.5 Å². The Morgan fingerprint density at radius 3 is 2.30 bits per heavy atom. The minimum atomic E-state index is -1.65. The van der Waals surface area contributed by atoms with Gasteiger partial charge in [0.2, 0.25) is 0 Å². The molecule has 2 amide bonds. The highest BCUT2D eigenvalue weighted by Gasteiger charge is 2.29. The molecule has 2 rings (SSSR count). The standard InChI is InChI=1S/C19H25F3N2O3/c1-19(2,3)27-18(26)24-9-7-12(8-10-24)11-23(4)17(25)13-5-6-14(20)16(22)15(13)21/h5-6,12H,7-11H2,1-4H3. The molecule has 0 bridgehead atoms. The van der Waals surface area contributed by atoms with E-state index in [1.54, 1.807) is 25.7 Å². The molecule has 0 radical (unpaired) electrons. The van der Waals surface area contributed by atoms with Gasteiger partial charge in [0.25, 0.3) is 5.91 Å². The van der Waals surface area contributed by atoms with Crippen molar-refractivity contribution in [1.29, 1.82) is 0 Å². The number of halogens is 3. The first-order valence-corrected chi connectivity index (χ1v) is 8.86. The Morgan fingerprint density at radius 2 is 1.74 bits per heavy atom. The quantitative estimate of drug-likeness (QED) is 0.742. The van der Waals surface area contributed by atoms with E-state index in [9.17, 15) is 22.8 Å². The van der Waals surface area contributed by atoms with Crippen LogP contribution in [-0.2, 0) is 4.74 Å². The summed E-state index contributed by atoms with van der Waals surface area (Å²) in [5, 5.41) is 0. The average molecular weight is 386 g/mol. The van der Waals surface area contributed by atoms with Crippen molar-refractivity contribution in [1.82, 2.24) is 9.80 Å². The lowest BCUT2D eigenvalue weighted by atomic mass is 9.96. The molecule has 27 heavy (non-hydrogen) atoms. The van der Waals surface area contributed by atoms with Crippen molar-refractivity contribution < 1.29 is 27.5 Å². The minimum absolute atomic E-state index is 0.117. The van der Waals surface area contributed by atoms with Crippen LogP contribution in [0.15, 0.2) is 12.1 Å². The van der Waals surface area contributed by atoms with Gasteiger partial charge in [-0.2, -0.15) is 0 Å². The second-order valence-electron chi connectivity index (χ2n) is 7.82. The van der Waals surface area contributed by atoms with Crippen LogP contribution in [0.2, 0.25) is 0 Å². The first-order valence-electron chi connectivity index (χ1n) is 8.86. The van der Waals surface area contributed by atoms with E-state index in [4.69, 9.17) is 4.74 Å². The molecular formula is C19H25F3N2O3. The van der Waals surface area contributed by atoms with Crippen LogP contribution in [0.25, 0.3) is 0 Å². The predicted octanol–water partition coefficient (Wildman–Crippen LogP) is 3.82. The normalized spacial score (nSPS) is 15.6. The molecule has 150 valence electrons. The lowest BCUT2D eigenvalue weighted by Crippen LogP contribution is -2.44. The number of hydrogen-bond acceptors (Lipinski definition) is 3. The number of carbonyl (C=O) groups is 2. The second-order valence-corrected chi connectivity index (χ2v) is 7.82. The molecule has 0 aromatic heterocycles. The van der Waals surface area contributed by atoms with Crippen LogP contribution in [0.4, 0.5) is 18.0 Å². The zero-order chi connectivity index (χ0) is 20.4. The van der Waals surface area contributed by atoms with Gasteiger partial charge < -0.3 is 14.5 Å². The Morgan fingerprint density at radius 1 is 1.15 bits per heavy atom. The van der Waals surface area contributed by atoms with Crippen LogP contribution in [0, 0.1) is 23.4 Å². The Bertz CT molecular complexity index is 711. The Kier molecular flexibility index (Phi) is 6.38. The molecule has 8 heteroatoms. The fourth-order valence-corrected chi connectivity index (χ4v) is 2.99. The summed E-state index contributed by atoms with van der Waals surface area (Å²) in [6.45, 7) is 6.74. The van der Waals surface area contributed by atoms with Crippen molar-refractivity contribution in [3.63, 3.8) is 0 Å². The van der Waals surface area contributed by atoms with Gasteiger partial charge in [-0.05, 0) is 51.7 Å². The van der Waals surface area contributed by atoms with Crippen LogP contribution in [0.1, 0.15) is 44.0 Å². The maximum absolute atomic E-state index is 13.8. The summed E-state index contributed by atoms with van der Waals surface area (Å²) >= 11 is 0. The number of ether oxygens (including phenoxy) is 1. The molecule has 1 heterocycles. The van der Waals surface area contributed by atoms with E-state index in [1.165, 1.54) is 11.9 Å². The van der Waals surface area contributed by atoms with Gasteiger partial charge in [-0.25, -0.2) is 18.0 Å². The van der Waals surface area contributed by atoms with E-state index in [-0.39, 0.29) is 12.0 Å². The molecule has 0 unspecified atom stereocenters. The predicted molar refractivity (Wildman–Crippen MR) is 93.8 cm³/mol. The molecule has 0 saturated carbocycles. The first-order chi connectivity index (χ1) is 12.5. The van der Waals surface area contributed by atoms with Crippen LogP contribution >= 0.6 is 0 Å². The number of hydrogen-bond donors (Lipinski definition) is 0. The maximum Gasteiger partial charge on any atom is 0.410 e. The second kappa shape index (κ2) is 8.19. The first kappa shape index (κ1) is 21.1. The molecule has 0 aliphatic carbocycles. The number of rotatable bonds is 3. The fourth-order valence-electron chi connectivity index (χ4n) is 2.99. The van der Waals surface area contributed by atoms with Crippen molar-refractivity contribution in [3.05, 3.63) is 35.1 Å². The molecule has 1 aromatic rings. The summed E-state index contributed by atoms with van der Waals surface area (Å²) in [5.41, 5.74) is -1.06. The topological polar surface area (TPSA) is 49.9 Å². The Hall–Kier alpha value is -2.25. The molecular weight excluding hydrogens is 361 g/mol. The molecule has 0 spiro atoms. The zero-order valence-electron chi connectivity index (χ0n) is 16.0. The Balaban J connectivity index is 1.91. The molecule has 0 atom stereocenters.